The van der Waals surface area contributed by atoms with E-state index in [2.05, 4.69) is 22.1 Å². The Morgan fingerprint density at radius 2 is 1.80 bits per heavy atom. The number of allylic oxidation sites excluding steroid dienone is 1. The summed E-state index contributed by atoms with van der Waals surface area (Å²) in [5, 5.41) is -0.450. The molecular formula is C10H18O4S. The first kappa shape index (κ1) is 16.8. The summed E-state index contributed by atoms with van der Waals surface area (Å²) in [4.78, 5) is 20.1. The lowest BCUT2D eigenvalue weighted by atomic mass is 10.3. The van der Waals surface area contributed by atoms with Crippen LogP contribution in [-0.2, 0) is 19.1 Å². The molecular weight excluding hydrogens is 216 g/mol. The predicted molar refractivity (Wildman–Crippen MR) is 62.1 cm³/mol. The van der Waals surface area contributed by atoms with Gasteiger partial charge in [0, 0.05) is 14.2 Å². The quantitative estimate of drug-likeness (QED) is 0.337. The second-order valence-electron chi connectivity index (χ2n) is 2.64. The summed E-state index contributed by atoms with van der Waals surface area (Å²) in [6, 6.07) is 0. The van der Waals surface area contributed by atoms with Gasteiger partial charge in [0.1, 0.15) is 6.29 Å². The Labute approximate surface area is 96.0 Å². The second-order valence-corrected chi connectivity index (χ2v) is 3.23. The third-order valence-corrected chi connectivity index (χ3v) is 1.63. The molecule has 0 rings (SSSR count). The van der Waals surface area contributed by atoms with Gasteiger partial charge in [0.15, 0.2) is 12.1 Å². The largest absolute Gasteiger partial charge is 0.356 e. The van der Waals surface area contributed by atoms with Gasteiger partial charge in [-0.3, -0.25) is 4.79 Å². The van der Waals surface area contributed by atoms with Gasteiger partial charge < -0.3 is 14.3 Å². The highest BCUT2D eigenvalue weighted by Gasteiger charge is 1.91. The molecule has 0 aromatic carbocycles. The fourth-order valence-corrected chi connectivity index (χ4v) is 0.462. The number of ketones is 1. The highest BCUT2D eigenvalue weighted by molar-refractivity contribution is 7.81. The fourth-order valence-electron chi connectivity index (χ4n) is 0.376. The SMILES string of the molecule is CC(=O)/C=C/C(S)C=O.COC(C)OC. The van der Waals surface area contributed by atoms with E-state index in [1.54, 1.807) is 14.2 Å². The molecule has 0 saturated heterocycles. The molecule has 0 amide bonds. The minimum Gasteiger partial charge on any atom is -0.356 e. The molecule has 4 nitrogen and oxygen atoms in total. The summed E-state index contributed by atoms with van der Waals surface area (Å²) >= 11 is 3.80. The number of methoxy groups -OCH3 is 2. The molecule has 0 aliphatic rings. The van der Waals surface area contributed by atoms with E-state index in [4.69, 9.17) is 0 Å². The highest BCUT2D eigenvalue weighted by Crippen LogP contribution is 1.91. The van der Waals surface area contributed by atoms with Gasteiger partial charge in [0.2, 0.25) is 0 Å². The molecule has 5 heteroatoms. The molecule has 1 atom stereocenters. The van der Waals surface area contributed by atoms with Gasteiger partial charge in [-0.15, -0.1) is 0 Å². The Balaban J connectivity index is 0. The van der Waals surface area contributed by atoms with Crippen molar-refractivity contribution < 1.29 is 19.1 Å². The van der Waals surface area contributed by atoms with Gasteiger partial charge in [-0.1, -0.05) is 6.08 Å². The van der Waals surface area contributed by atoms with E-state index in [1.165, 1.54) is 19.1 Å². The molecule has 15 heavy (non-hydrogen) atoms. The van der Waals surface area contributed by atoms with E-state index in [1.807, 2.05) is 6.92 Å². The number of hydrogen-bond acceptors (Lipinski definition) is 5. The zero-order chi connectivity index (χ0) is 12.3. The van der Waals surface area contributed by atoms with E-state index in [-0.39, 0.29) is 12.1 Å². The van der Waals surface area contributed by atoms with Crippen LogP contribution in [0.5, 0.6) is 0 Å². The van der Waals surface area contributed by atoms with Crippen molar-refractivity contribution >= 4 is 24.7 Å². The van der Waals surface area contributed by atoms with Crippen molar-refractivity contribution in [2.45, 2.75) is 25.4 Å². The van der Waals surface area contributed by atoms with Crippen LogP contribution in [0.15, 0.2) is 12.2 Å². The molecule has 0 aromatic heterocycles. The zero-order valence-electron chi connectivity index (χ0n) is 9.47. The number of rotatable bonds is 5. The number of carbonyl (C=O) groups is 2. The van der Waals surface area contributed by atoms with Crippen molar-refractivity contribution in [3.8, 4) is 0 Å². The maximum Gasteiger partial charge on any atom is 0.154 e. The molecule has 0 aliphatic carbocycles. The van der Waals surface area contributed by atoms with Crippen molar-refractivity contribution in [3.05, 3.63) is 12.2 Å². The van der Waals surface area contributed by atoms with Crippen LogP contribution >= 0.6 is 12.6 Å². The molecule has 0 spiro atoms. The Kier molecular flexibility index (Phi) is 12.8. The van der Waals surface area contributed by atoms with E-state index < -0.39 is 5.25 Å². The molecule has 0 aromatic rings. The summed E-state index contributed by atoms with van der Waals surface area (Å²) in [7, 11) is 3.21. The third kappa shape index (κ3) is 16.1. The molecule has 0 radical (unpaired) electrons. The number of ether oxygens (including phenoxy) is 2. The van der Waals surface area contributed by atoms with Crippen LogP contribution in [0, 0.1) is 0 Å². The molecule has 0 N–H and O–H groups in total. The van der Waals surface area contributed by atoms with Crippen LogP contribution in [0.2, 0.25) is 0 Å². The average Bonchev–Trinajstić information content (AvgIpc) is 2.25. The summed E-state index contributed by atoms with van der Waals surface area (Å²) in [6.07, 6.45) is 3.36. The first-order chi connectivity index (χ1) is 6.97. The molecule has 0 saturated carbocycles. The fraction of sp³-hybridized carbons (Fsp3) is 0.600. The minimum absolute atomic E-state index is 0.0648. The molecule has 1 unspecified atom stereocenters. The number of aldehydes is 1. The highest BCUT2D eigenvalue weighted by atomic mass is 32.1. The second kappa shape index (κ2) is 11.4. The Hall–Kier alpha value is -0.650. The van der Waals surface area contributed by atoms with Gasteiger partial charge in [0.05, 0.1) is 5.25 Å². The van der Waals surface area contributed by atoms with Gasteiger partial charge in [-0.25, -0.2) is 0 Å². The normalized spacial score (nSPS) is 12.1. The number of carbonyl (C=O) groups excluding carboxylic acids is 2. The Morgan fingerprint density at radius 1 is 1.33 bits per heavy atom. The standard InChI is InChI=1S/C6H8O2S.C4H10O2/c1-5(8)2-3-6(9)4-7;1-4(5-2)6-3/h2-4,6,9H,1H3;4H,1-3H3/b3-2+;. The first-order valence-corrected chi connectivity index (χ1v) is 4.87. The zero-order valence-corrected chi connectivity index (χ0v) is 10.4. The van der Waals surface area contributed by atoms with Crippen LogP contribution in [-0.4, -0.2) is 37.8 Å². The summed E-state index contributed by atoms with van der Waals surface area (Å²) < 4.78 is 9.35. The third-order valence-electron chi connectivity index (χ3n) is 1.33. The topological polar surface area (TPSA) is 52.6 Å². The first-order valence-electron chi connectivity index (χ1n) is 4.35. The smallest absolute Gasteiger partial charge is 0.154 e. The molecule has 0 bridgehead atoms. The average molecular weight is 234 g/mol. The van der Waals surface area contributed by atoms with Crippen molar-refractivity contribution in [2.24, 2.45) is 0 Å². The maximum atomic E-state index is 10.2. The Morgan fingerprint density at radius 3 is 2.00 bits per heavy atom. The predicted octanol–water partition coefficient (Wildman–Crippen LogP) is 1.25. The van der Waals surface area contributed by atoms with E-state index >= 15 is 0 Å². The molecule has 88 valence electrons. The van der Waals surface area contributed by atoms with Crippen LogP contribution in [0.3, 0.4) is 0 Å². The lowest BCUT2D eigenvalue weighted by molar-refractivity contribution is -0.112. The van der Waals surface area contributed by atoms with Crippen LogP contribution in [0.1, 0.15) is 13.8 Å². The molecule has 0 heterocycles. The molecule has 0 aliphatic heterocycles. The van der Waals surface area contributed by atoms with Gasteiger partial charge >= 0.3 is 0 Å². The van der Waals surface area contributed by atoms with Gasteiger partial charge in [-0.05, 0) is 19.9 Å². The van der Waals surface area contributed by atoms with Crippen molar-refractivity contribution in [3.63, 3.8) is 0 Å². The number of hydrogen-bond donors (Lipinski definition) is 1. The van der Waals surface area contributed by atoms with Gasteiger partial charge in [-0.2, -0.15) is 12.6 Å². The van der Waals surface area contributed by atoms with Crippen molar-refractivity contribution in [1.29, 1.82) is 0 Å². The lowest BCUT2D eigenvalue weighted by Gasteiger charge is -2.03. The Bertz CT molecular complexity index is 200. The number of thiol groups is 1. The van der Waals surface area contributed by atoms with Crippen LogP contribution < -0.4 is 0 Å². The summed E-state index contributed by atoms with van der Waals surface area (Å²) in [5.41, 5.74) is 0. The van der Waals surface area contributed by atoms with E-state index in [0.717, 1.165) is 0 Å². The van der Waals surface area contributed by atoms with E-state index in [0.29, 0.717) is 6.29 Å². The van der Waals surface area contributed by atoms with E-state index in [9.17, 15) is 9.59 Å². The van der Waals surface area contributed by atoms with Crippen LogP contribution in [0.25, 0.3) is 0 Å². The van der Waals surface area contributed by atoms with Gasteiger partial charge in [0.25, 0.3) is 0 Å². The summed E-state index contributed by atoms with van der Waals surface area (Å²) in [5.74, 6) is -0.0732. The molecule has 0 fully saturated rings. The summed E-state index contributed by atoms with van der Waals surface area (Å²) in [6.45, 7) is 3.25. The van der Waals surface area contributed by atoms with Crippen molar-refractivity contribution in [1.82, 2.24) is 0 Å². The lowest BCUT2D eigenvalue weighted by Crippen LogP contribution is -2.05. The monoisotopic (exact) mass is 234 g/mol. The minimum atomic E-state index is -0.450. The van der Waals surface area contributed by atoms with Crippen molar-refractivity contribution in [2.75, 3.05) is 14.2 Å². The van der Waals surface area contributed by atoms with Crippen LogP contribution in [0.4, 0.5) is 0 Å². The maximum absolute atomic E-state index is 10.2.